The molecule has 3 heteroatoms. The van der Waals surface area contributed by atoms with Crippen LogP contribution in [0.2, 0.25) is 0 Å². The molecule has 0 aliphatic carbocycles. The summed E-state index contributed by atoms with van der Waals surface area (Å²) in [7, 11) is 0. The molecule has 0 aromatic heterocycles. The quantitative estimate of drug-likeness (QED) is 0.450. The molecule has 0 N–H and O–H groups in total. The normalized spacial score (nSPS) is 6.73. The van der Waals surface area contributed by atoms with Crippen LogP contribution in [0.15, 0.2) is 12.2 Å². The number of esters is 1. The van der Waals surface area contributed by atoms with Gasteiger partial charge in [0.1, 0.15) is 0 Å². The van der Waals surface area contributed by atoms with Crippen molar-refractivity contribution in [2.24, 2.45) is 0 Å². The third kappa shape index (κ3) is 12.0. The number of hydrogen-bond donors (Lipinski definition) is 0. The van der Waals surface area contributed by atoms with Gasteiger partial charge >= 0.3 is 5.97 Å². The van der Waals surface area contributed by atoms with E-state index >= 15 is 0 Å². The topological polar surface area (TPSA) is 50.1 Å². The van der Waals surface area contributed by atoms with Crippen molar-refractivity contribution >= 4 is 5.97 Å². The zero-order valence-corrected chi connectivity index (χ0v) is 7.18. The van der Waals surface area contributed by atoms with E-state index in [1.807, 2.05) is 0 Å². The molecule has 11 heavy (non-hydrogen) atoms. The number of hydrogen-bond acceptors (Lipinski definition) is 3. The van der Waals surface area contributed by atoms with Crippen LogP contribution in [0.5, 0.6) is 0 Å². The highest BCUT2D eigenvalue weighted by Gasteiger charge is 1.98. The summed E-state index contributed by atoms with van der Waals surface area (Å²) in [5.41, 5.74) is 0.451. The van der Waals surface area contributed by atoms with E-state index in [2.05, 4.69) is 11.3 Å². The highest BCUT2D eigenvalue weighted by molar-refractivity contribution is 5.86. The first kappa shape index (κ1) is 12.4. The zero-order valence-electron chi connectivity index (χ0n) is 7.18. The van der Waals surface area contributed by atoms with Crippen LogP contribution in [0.25, 0.3) is 0 Å². The van der Waals surface area contributed by atoms with Crippen molar-refractivity contribution in [3.63, 3.8) is 0 Å². The van der Waals surface area contributed by atoms with Crippen molar-refractivity contribution in [2.45, 2.75) is 20.8 Å². The van der Waals surface area contributed by atoms with Gasteiger partial charge in [0.15, 0.2) is 0 Å². The van der Waals surface area contributed by atoms with Gasteiger partial charge in [-0.25, -0.2) is 4.79 Å². The maximum atomic E-state index is 10.4. The lowest BCUT2D eigenvalue weighted by atomic mass is 10.4. The van der Waals surface area contributed by atoms with Crippen LogP contribution in [-0.4, -0.2) is 12.6 Å². The highest BCUT2D eigenvalue weighted by atomic mass is 16.5. The number of nitrogens with zero attached hydrogens (tertiary/aromatic N) is 1. The van der Waals surface area contributed by atoms with Crippen LogP contribution in [-0.2, 0) is 9.53 Å². The van der Waals surface area contributed by atoms with Crippen molar-refractivity contribution in [2.75, 3.05) is 6.61 Å². The summed E-state index contributed by atoms with van der Waals surface area (Å²) in [5, 5.41) is 7.32. The van der Waals surface area contributed by atoms with E-state index in [1.165, 1.54) is 6.92 Å². The predicted octanol–water partition coefficient (Wildman–Crippen LogP) is 1.66. The van der Waals surface area contributed by atoms with Gasteiger partial charge in [-0.15, -0.1) is 0 Å². The lowest BCUT2D eigenvalue weighted by Gasteiger charge is -1.96. The molecule has 0 saturated heterocycles. The van der Waals surface area contributed by atoms with E-state index in [0.717, 1.165) is 0 Å². The van der Waals surface area contributed by atoms with E-state index in [1.54, 1.807) is 19.9 Å². The van der Waals surface area contributed by atoms with Crippen LogP contribution in [0, 0.1) is 11.3 Å². The second-order valence-electron chi connectivity index (χ2n) is 1.72. The number of carbonyl (C=O) groups excluding carboxylic acids is 1. The van der Waals surface area contributed by atoms with E-state index in [0.29, 0.717) is 12.2 Å². The smallest absolute Gasteiger partial charge is 0.333 e. The van der Waals surface area contributed by atoms with Gasteiger partial charge in [-0.2, -0.15) is 5.26 Å². The summed E-state index contributed by atoms with van der Waals surface area (Å²) in [4.78, 5) is 10.4. The number of carbonyl (C=O) groups is 1. The maximum Gasteiger partial charge on any atom is 0.333 e. The summed E-state index contributed by atoms with van der Waals surface area (Å²) >= 11 is 0. The lowest BCUT2D eigenvalue weighted by molar-refractivity contribution is -0.138. The lowest BCUT2D eigenvalue weighted by Crippen LogP contribution is -2.03. The molecule has 0 unspecified atom stereocenters. The zero-order chi connectivity index (χ0) is 9.28. The molecule has 0 heterocycles. The first-order chi connectivity index (χ1) is 5.09. The molecule has 0 atom stereocenters. The van der Waals surface area contributed by atoms with Crippen LogP contribution in [0.4, 0.5) is 0 Å². The Morgan fingerprint density at radius 1 is 1.73 bits per heavy atom. The fourth-order valence-electron chi connectivity index (χ4n) is 0.254. The van der Waals surface area contributed by atoms with Crippen LogP contribution < -0.4 is 0 Å². The van der Waals surface area contributed by atoms with Gasteiger partial charge < -0.3 is 4.74 Å². The van der Waals surface area contributed by atoms with Crippen molar-refractivity contribution in [3.05, 3.63) is 12.2 Å². The summed E-state index contributed by atoms with van der Waals surface area (Å²) in [6, 6.07) is 1.75. The third-order valence-electron chi connectivity index (χ3n) is 0.624. The second kappa shape index (κ2) is 8.70. The molecule has 0 aromatic carbocycles. The summed E-state index contributed by atoms with van der Waals surface area (Å²) < 4.78 is 4.56. The minimum atomic E-state index is -0.312. The standard InChI is InChI=1S/C6H10O2.C2H3N/c1-4-8-6(7)5(2)3;1-2-3/h2,4H2,1,3H3;1H3. The Balaban J connectivity index is 0. The van der Waals surface area contributed by atoms with E-state index in [9.17, 15) is 4.79 Å². The van der Waals surface area contributed by atoms with Gasteiger partial charge in [-0.1, -0.05) is 6.58 Å². The SMILES string of the molecule is C=C(C)C(=O)OCC.CC#N. The van der Waals surface area contributed by atoms with E-state index in [4.69, 9.17) is 5.26 Å². The molecule has 0 spiro atoms. The summed E-state index contributed by atoms with van der Waals surface area (Å²) in [6.07, 6.45) is 0. The molecule has 0 aliphatic rings. The van der Waals surface area contributed by atoms with Crippen molar-refractivity contribution in [3.8, 4) is 6.07 Å². The molecule has 0 saturated carbocycles. The van der Waals surface area contributed by atoms with Gasteiger partial charge in [0.05, 0.1) is 12.7 Å². The predicted molar refractivity (Wildman–Crippen MR) is 42.7 cm³/mol. The molecule has 62 valence electrons. The van der Waals surface area contributed by atoms with Gasteiger partial charge in [0.2, 0.25) is 0 Å². The number of rotatable bonds is 2. The molecule has 3 nitrogen and oxygen atoms in total. The fourth-order valence-corrected chi connectivity index (χ4v) is 0.254. The minimum Gasteiger partial charge on any atom is -0.463 e. The molecular formula is C8H13NO2. The third-order valence-corrected chi connectivity index (χ3v) is 0.624. The Kier molecular flexibility index (Phi) is 9.79. The molecule has 0 radical (unpaired) electrons. The average Bonchev–Trinajstić information content (AvgIpc) is 1.90. The Labute approximate surface area is 67.3 Å². The van der Waals surface area contributed by atoms with Gasteiger partial charge in [-0.3, -0.25) is 0 Å². The fraction of sp³-hybridized carbons (Fsp3) is 0.500. The first-order valence-corrected chi connectivity index (χ1v) is 3.23. The molecular weight excluding hydrogens is 142 g/mol. The molecule has 0 aliphatic heterocycles. The first-order valence-electron chi connectivity index (χ1n) is 3.23. The molecule has 0 amide bonds. The monoisotopic (exact) mass is 155 g/mol. The van der Waals surface area contributed by atoms with Crippen LogP contribution in [0.1, 0.15) is 20.8 Å². The Morgan fingerprint density at radius 3 is 2.18 bits per heavy atom. The Bertz CT molecular complexity index is 167. The van der Waals surface area contributed by atoms with Gasteiger partial charge in [-0.05, 0) is 13.8 Å². The Hall–Kier alpha value is -1.30. The molecule has 0 bridgehead atoms. The maximum absolute atomic E-state index is 10.4. The minimum absolute atomic E-state index is 0.312. The highest BCUT2D eigenvalue weighted by Crippen LogP contribution is 1.89. The van der Waals surface area contributed by atoms with E-state index < -0.39 is 0 Å². The van der Waals surface area contributed by atoms with E-state index in [-0.39, 0.29) is 5.97 Å². The van der Waals surface area contributed by atoms with Gasteiger partial charge in [0, 0.05) is 12.5 Å². The van der Waals surface area contributed by atoms with Crippen LogP contribution in [0.3, 0.4) is 0 Å². The average molecular weight is 155 g/mol. The van der Waals surface area contributed by atoms with Gasteiger partial charge in [0.25, 0.3) is 0 Å². The second-order valence-corrected chi connectivity index (χ2v) is 1.72. The van der Waals surface area contributed by atoms with Crippen LogP contribution >= 0.6 is 0 Å². The molecule has 0 rings (SSSR count). The van der Waals surface area contributed by atoms with Crippen molar-refractivity contribution < 1.29 is 9.53 Å². The number of ether oxygens (including phenoxy) is 1. The Morgan fingerprint density at radius 2 is 2.09 bits per heavy atom. The summed E-state index contributed by atoms with van der Waals surface area (Å²) in [5.74, 6) is -0.312. The summed E-state index contributed by atoms with van der Waals surface area (Å²) in [6.45, 7) is 8.64. The van der Waals surface area contributed by atoms with Crippen molar-refractivity contribution in [1.29, 1.82) is 5.26 Å². The number of nitriles is 1. The molecule has 0 aromatic rings. The molecule has 0 fully saturated rings. The largest absolute Gasteiger partial charge is 0.463 e. The van der Waals surface area contributed by atoms with Crippen molar-refractivity contribution in [1.82, 2.24) is 0 Å².